The van der Waals surface area contributed by atoms with Crippen molar-refractivity contribution in [1.82, 2.24) is 24.9 Å². The van der Waals surface area contributed by atoms with Crippen molar-refractivity contribution >= 4 is 0 Å². The van der Waals surface area contributed by atoms with E-state index < -0.39 is 0 Å². The number of likely N-dealkylation sites (tertiary alicyclic amines) is 1. The van der Waals surface area contributed by atoms with Crippen molar-refractivity contribution in [2.45, 2.75) is 45.2 Å². The Kier molecular flexibility index (Phi) is 6.08. The Balaban J connectivity index is 1.52. The summed E-state index contributed by atoms with van der Waals surface area (Å²) in [6.45, 7) is 13.0. The van der Waals surface area contributed by atoms with E-state index in [0.717, 1.165) is 12.5 Å². The molecule has 2 aliphatic heterocycles. The average Bonchev–Trinajstić information content (AvgIpc) is 3.13. The summed E-state index contributed by atoms with van der Waals surface area (Å²) in [4.78, 5) is 5.35. The molecule has 5 heteroatoms. The molecule has 0 aromatic carbocycles. The van der Waals surface area contributed by atoms with Crippen molar-refractivity contribution < 1.29 is 0 Å². The Hall–Kier alpha value is -0.910. The molecule has 1 N–H and O–H groups in total. The van der Waals surface area contributed by atoms with Gasteiger partial charge in [0.05, 0.1) is 6.04 Å². The van der Waals surface area contributed by atoms with Crippen LogP contribution in [0.25, 0.3) is 0 Å². The molecule has 3 rings (SSSR count). The molecule has 0 saturated carbocycles. The number of nitrogens with zero attached hydrogens (tertiary/aromatic N) is 4. The third-order valence-electron chi connectivity index (χ3n) is 5.82. The van der Waals surface area contributed by atoms with E-state index >= 15 is 0 Å². The average molecular weight is 319 g/mol. The fourth-order valence-corrected chi connectivity index (χ4v) is 4.42. The van der Waals surface area contributed by atoms with Crippen LogP contribution < -0.4 is 5.32 Å². The minimum atomic E-state index is 0.604. The molecular weight excluding hydrogens is 286 g/mol. The summed E-state index contributed by atoms with van der Waals surface area (Å²) in [7, 11) is 0. The van der Waals surface area contributed by atoms with Crippen LogP contribution in [0.1, 0.15) is 39.2 Å². The molecule has 130 valence electrons. The molecule has 0 amide bonds. The Morgan fingerprint density at radius 2 is 1.96 bits per heavy atom. The molecule has 2 fully saturated rings. The maximum Gasteiger partial charge on any atom is 0.0543 e. The third kappa shape index (κ3) is 4.14. The summed E-state index contributed by atoms with van der Waals surface area (Å²) in [5.74, 6) is 0.817. The van der Waals surface area contributed by atoms with E-state index in [4.69, 9.17) is 0 Å². The summed E-state index contributed by atoms with van der Waals surface area (Å²) in [5, 5.41) is 8.03. The second-order valence-corrected chi connectivity index (χ2v) is 7.06. The maximum absolute atomic E-state index is 4.42. The molecule has 1 aromatic heterocycles. The zero-order chi connectivity index (χ0) is 16.1. The first-order valence-electron chi connectivity index (χ1n) is 9.48. The van der Waals surface area contributed by atoms with Gasteiger partial charge in [-0.15, -0.1) is 0 Å². The number of rotatable bonds is 6. The van der Waals surface area contributed by atoms with Crippen LogP contribution >= 0.6 is 0 Å². The van der Waals surface area contributed by atoms with Crippen LogP contribution in [-0.2, 0) is 0 Å². The van der Waals surface area contributed by atoms with Crippen molar-refractivity contribution in [2.75, 3.05) is 45.8 Å². The monoisotopic (exact) mass is 319 g/mol. The Morgan fingerprint density at radius 1 is 1.17 bits per heavy atom. The molecule has 2 atom stereocenters. The molecule has 0 spiro atoms. The molecular formula is C18H33N5. The topological polar surface area (TPSA) is 36.3 Å². The van der Waals surface area contributed by atoms with E-state index in [2.05, 4.69) is 44.9 Å². The second-order valence-electron chi connectivity index (χ2n) is 7.06. The minimum Gasteiger partial charge on any atom is -0.315 e. The first-order chi connectivity index (χ1) is 11.3. The van der Waals surface area contributed by atoms with Gasteiger partial charge in [-0.1, -0.05) is 13.8 Å². The fourth-order valence-electron chi connectivity index (χ4n) is 4.42. The van der Waals surface area contributed by atoms with Crippen LogP contribution in [0.5, 0.6) is 0 Å². The van der Waals surface area contributed by atoms with E-state index in [1.807, 2.05) is 12.3 Å². The second kappa shape index (κ2) is 8.27. The van der Waals surface area contributed by atoms with E-state index in [1.165, 1.54) is 58.5 Å². The first-order valence-corrected chi connectivity index (χ1v) is 9.48. The molecule has 0 bridgehead atoms. The lowest BCUT2D eigenvalue weighted by Gasteiger charge is -2.42. The Labute approximate surface area is 141 Å². The van der Waals surface area contributed by atoms with E-state index in [0.29, 0.717) is 12.1 Å². The van der Waals surface area contributed by atoms with Crippen LogP contribution in [0.15, 0.2) is 18.5 Å². The van der Waals surface area contributed by atoms with Gasteiger partial charge in [0.1, 0.15) is 0 Å². The first kappa shape index (κ1) is 16.9. The number of aromatic nitrogens is 2. The van der Waals surface area contributed by atoms with Gasteiger partial charge in [-0.2, -0.15) is 5.10 Å². The SMILES string of the molecule is CCN(CC)C1CNCCC1CN1CCC(n2cccn2)CC1. The van der Waals surface area contributed by atoms with Crippen LogP contribution in [-0.4, -0.2) is 71.4 Å². The highest BCUT2D eigenvalue weighted by molar-refractivity contribution is 4.89. The molecule has 23 heavy (non-hydrogen) atoms. The van der Waals surface area contributed by atoms with Gasteiger partial charge in [-0.25, -0.2) is 0 Å². The minimum absolute atomic E-state index is 0.604. The van der Waals surface area contributed by atoms with Gasteiger partial charge >= 0.3 is 0 Å². The highest BCUT2D eigenvalue weighted by Crippen LogP contribution is 2.25. The van der Waals surface area contributed by atoms with Gasteiger partial charge in [0.15, 0.2) is 0 Å². The molecule has 1 aromatic rings. The highest BCUT2D eigenvalue weighted by Gasteiger charge is 2.31. The summed E-state index contributed by atoms with van der Waals surface area (Å²) in [5.41, 5.74) is 0. The van der Waals surface area contributed by atoms with Crippen molar-refractivity contribution in [1.29, 1.82) is 0 Å². The molecule has 2 saturated heterocycles. The predicted molar refractivity (Wildman–Crippen MR) is 94.6 cm³/mol. The fraction of sp³-hybridized carbons (Fsp3) is 0.833. The van der Waals surface area contributed by atoms with Crippen LogP contribution in [0, 0.1) is 5.92 Å². The highest BCUT2D eigenvalue weighted by atomic mass is 15.3. The maximum atomic E-state index is 4.42. The van der Waals surface area contributed by atoms with Crippen molar-refractivity contribution in [3.63, 3.8) is 0 Å². The summed E-state index contributed by atoms with van der Waals surface area (Å²) < 4.78 is 2.15. The van der Waals surface area contributed by atoms with E-state index in [9.17, 15) is 0 Å². The number of hydrogen-bond donors (Lipinski definition) is 1. The molecule has 2 aliphatic rings. The molecule has 3 heterocycles. The lowest BCUT2D eigenvalue weighted by Crippen LogP contribution is -2.54. The van der Waals surface area contributed by atoms with E-state index in [-0.39, 0.29) is 0 Å². The van der Waals surface area contributed by atoms with Crippen LogP contribution in [0.3, 0.4) is 0 Å². The summed E-state index contributed by atoms with van der Waals surface area (Å²) >= 11 is 0. The van der Waals surface area contributed by atoms with Crippen molar-refractivity contribution in [3.05, 3.63) is 18.5 Å². The normalized spacial score (nSPS) is 27.6. The number of likely N-dealkylation sites (N-methyl/N-ethyl adjacent to an activating group) is 1. The predicted octanol–water partition coefficient (Wildman–Crippen LogP) is 1.84. The van der Waals surface area contributed by atoms with Gasteiger partial charge in [0, 0.05) is 44.6 Å². The molecule has 2 unspecified atom stereocenters. The molecule has 5 nitrogen and oxygen atoms in total. The summed E-state index contributed by atoms with van der Waals surface area (Å²) in [6, 6.07) is 3.35. The standard InChI is InChI=1S/C18H33N5/c1-3-22(4-2)18-14-19-10-6-16(18)15-21-12-7-17(8-13-21)23-11-5-9-20-23/h5,9,11,16-19H,3-4,6-8,10,12-15H2,1-2H3. The van der Waals surface area contributed by atoms with Crippen LogP contribution in [0.4, 0.5) is 0 Å². The van der Waals surface area contributed by atoms with E-state index in [1.54, 1.807) is 0 Å². The number of nitrogens with one attached hydrogen (secondary N) is 1. The van der Waals surface area contributed by atoms with Crippen molar-refractivity contribution in [3.8, 4) is 0 Å². The largest absolute Gasteiger partial charge is 0.315 e. The number of piperidine rings is 2. The quantitative estimate of drug-likeness (QED) is 0.868. The molecule has 0 aliphatic carbocycles. The van der Waals surface area contributed by atoms with Crippen LogP contribution in [0.2, 0.25) is 0 Å². The van der Waals surface area contributed by atoms with Gasteiger partial charge in [0.25, 0.3) is 0 Å². The zero-order valence-electron chi connectivity index (χ0n) is 14.8. The van der Waals surface area contributed by atoms with Gasteiger partial charge in [-0.3, -0.25) is 9.58 Å². The summed E-state index contributed by atoms with van der Waals surface area (Å²) in [6.07, 6.45) is 7.81. The van der Waals surface area contributed by atoms with Gasteiger partial charge in [-0.05, 0) is 50.9 Å². The third-order valence-corrected chi connectivity index (χ3v) is 5.82. The van der Waals surface area contributed by atoms with Gasteiger partial charge in [0.2, 0.25) is 0 Å². The Bertz CT molecular complexity index is 434. The molecule has 0 radical (unpaired) electrons. The van der Waals surface area contributed by atoms with Crippen molar-refractivity contribution in [2.24, 2.45) is 5.92 Å². The lowest BCUT2D eigenvalue weighted by atomic mass is 9.90. The lowest BCUT2D eigenvalue weighted by molar-refractivity contribution is 0.0788. The smallest absolute Gasteiger partial charge is 0.0543 e. The Morgan fingerprint density at radius 3 is 2.61 bits per heavy atom. The number of hydrogen-bond acceptors (Lipinski definition) is 4. The zero-order valence-corrected chi connectivity index (χ0v) is 14.8. The van der Waals surface area contributed by atoms with Gasteiger partial charge < -0.3 is 10.2 Å².